The lowest BCUT2D eigenvalue weighted by Crippen LogP contribution is -2.56. The first-order chi connectivity index (χ1) is 18.5. The van der Waals surface area contributed by atoms with Crippen LogP contribution in [0, 0.1) is 5.92 Å². The summed E-state index contributed by atoms with van der Waals surface area (Å²) in [5.41, 5.74) is 4.56. The Hall–Kier alpha value is -2.88. The van der Waals surface area contributed by atoms with Gasteiger partial charge in [0.1, 0.15) is 11.6 Å². The molecule has 1 N–H and O–H groups in total. The number of pyridine rings is 1. The Balaban J connectivity index is 1.16. The van der Waals surface area contributed by atoms with Crippen molar-refractivity contribution < 1.29 is 14.3 Å². The Kier molecular flexibility index (Phi) is 6.17. The summed E-state index contributed by atoms with van der Waals surface area (Å²) in [6.07, 6.45) is 4.51. The number of amides is 1. The highest BCUT2D eigenvalue weighted by Crippen LogP contribution is 2.41. The predicted octanol–water partition coefficient (Wildman–Crippen LogP) is 3.51. The highest BCUT2D eigenvalue weighted by Gasteiger charge is 2.32. The molecule has 1 aliphatic carbocycles. The van der Waals surface area contributed by atoms with Crippen molar-refractivity contribution >= 4 is 34.2 Å². The smallest absolute Gasteiger partial charge is 0.241 e. The molecule has 2 atom stereocenters. The van der Waals surface area contributed by atoms with Crippen LogP contribution < -0.4 is 15.0 Å². The van der Waals surface area contributed by atoms with Gasteiger partial charge in [-0.05, 0) is 38.0 Å². The van der Waals surface area contributed by atoms with E-state index in [4.69, 9.17) is 31.0 Å². The Labute approximate surface area is 227 Å². The second kappa shape index (κ2) is 9.70. The first-order valence-corrected chi connectivity index (χ1v) is 14.1. The number of carbonyl (C=O) groups is 1. The van der Waals surface area contributed by atoms with Crippen molar-refractivity contribution in [1.82, 2.24) is 24.8 Å². The molecule has 1 saturated carbocycles. The van der Waals surface area contributed by atoms with Gasteiger partial charge in [-0.25, -0.2) is 9.97 Å². The Morgan fingerprint density at radius 2 is 1.95 bits per heavy atom. The quantitative estimate of drug-likeness (QED) is 0.494. The van der Waals surface area contributed by atoms with Crippen LogP contribution in [0.4, 0.5) is 5.69 Å². The molecule has 5 heterocycles. The van der Waals surface area contributed by atoms with Crippen molar-refractivity contribution in [2.75, 3.05) is 50.8 Å². The van der Waals surface area contributed by atoms with Crippen LogP contribution >= 0.6 is 11.6 Å². The summed E-state index contributed by atoms with van der Waals surface area (Å²) in [6, 6.07) is 9.24. The molecule has 0 radical (unpaired) electrons. The molecule has 38 heavy (non-hydrogen) atoms. The number of hydrogen-bond acceptors (Lipinski definition) is 7. The van der Waals surface area contributed by atoms with Crippen molar-refractivity contribution in [2.45, 2.75) is 44.4 Å². The van der Waals surface area contributed by atoms with Crippen LogP contribution in [0.5, 0.6) is 5.88 Å². The number of carbonyl (C=O) groups excluding carboxylic acids is 1. The van der Waals surface area contributed by atoms with Gasteiger partial charge in [0.05, 0.1) is 47.5 Å². The maximum absolute atomic E-state index is 11.8. The highest BCUT2D eigenvalue weighted by atomic mass is 35.5. The summed E-state index contributed by atoms with van der Waals surface area (Å²) in [6.45, 7) is 8.30. The largest absolute Gasteiger partial charge is 0.473 e. The lowest BCUT2D eigenvalue weighted by atomic mass is 10.0. The summed E-state index contributed by atoms with van der Waals surface area (Å²) in [4.78, 5) is 26.4. The number of benzene rings is 1. The van der Waals surface area contributed by atoms with Crippen LogP contribution in [0.15, 0.2) is 30.6 Å². The van der Waals surface area contributed by atoms with Gasteiger partial charge in [-0.2, -0.15) is 0 Å². The number of nitrogens with zero attached hydrogens (tertiary/aromatic N) is 5. The molecule has 3 aliphatic heterocycles. The molecule has 10 heteroatoms. The number of aromatic nitrogens is 3. The van der Waals surface area contributed by atoms with Crippen LogP contribution in [-0.4, -0.2) is 83.4 Å². The fourth-order valence-electron chi connectivity index (χ4n) is 5.80. The standard InChI is InChI=1S/C28H33ClN6O3/c1-17(19-11-26(36)30-13-19)38-28-27-24(31-16-35(27)20-3-4-20)12-23(32-28)18-2-5-25(22(29)10-18)34-8-6-33(7-9-34)21-14-37-15-21/h2,5,10,12,16-17,19-21H,3-4,6-9,11,13-15H2,1H3,(H,30,36). The van der Waals surface area contributed by atoms with Gasteiger partial charge in [0, 0.05) is 56.7 Å². The molecule has 2 unspecified atom stereocenters. The minimum absolute atomic E-state index is 0.0773. The molecule has 0 spiro atoms. The maximum Gasteiger partial charge on any atom is 0.241 e. The number of piperazine rings is 1. The minimum Gasteiger partial charge on any atom is -0.473 e. The lowest BCUT2D eigenvalue weighted by Gasteiger charge is -2.43. The van der Waals surface area contributed by atoms with E-state index < -0.39 is 0 Å². The number of halogens is 1. The lowest BCUT2D eigenvalue weighted by molar-refractivity contribution is -0.119. The zero-order chi connectivity index (χ0) is 25.8. The molecule has 1 amide bonds. The summed E-state index contributed by atoms with van der Waals surface area (Å²) < 4.78 is 14.0. The van der Waals surface area contributed by atoms with Gasteiger partial charge in [-0.1, -0.05) is 17.7 Å². The molecular formula is C28H33ClN6O3. The number of ether oxygens (including phenoxy) is 2. The van der Waals surface area contributed by atoms with Crippen LogP contribution in [-0.2, 0) is 9.53 Å². The van der Waals surface area contributed by atoms with Gasteiger partial charge < -0.3 is 24.3 Å². The number of nitrogens with one attached hydrogen (secondary N) is 1. The van der Waals surface area contributed by atoms with Gasteiger partial charge >= 0.3 is 0 Å². The second-order valence-corrected chi connectivity index (χ2v) is 11.4. The first kappa shape index (κ1) is 24.2. The number of rotatable bonds is 7. The highest BCUT2D eigenvalue weighted by molar-refractivity contribution is 6.33. The zero-order valence-electron chi connectivity index (χ0n) is 21.6. The van der Waals surface area contributed by atoms with Crippen molar-refractivity contribution in [1.29, 1.82) is 0 Å². The Morgan fingerprint density at radius 3 is 2.61 bits per heavy atom. The SMILES string of the molecule is CC(Oc1nc(-c2ccc(N3CCN(C4COC4)CC3)c(Cl)c2)cc2ncn(C3CC3)c12)C1CNC(=O)C1. The minimum atomic E-state index is -0.154. The molecule has 200 valence electrons. The number of fused-ring (bicyclic) bond motifs is 1. The Bertz CT molecular complexity index is 1360. The molecule has 1 aromatic carbocycles. The van der Waals surface area contributed by atoms with E-state index in [9.17, 15) is 4.79 Å². The van der Waals surface area contributed by atoms with E-state index in [2.05, 4.69) is 31.8 Å². The van der Waals surface area contributed by atoms with Gasteiger partial charge in [0.15, 0.2) is 0 Å². The maximum atomic E-state index is 11.8. The number of anilines is 1. The first-order valence-electron chi connectivity index (χ1n) is 13.7. The van der Waals surface area contributed by atoms with Crippen LogP contribution in [0.2, 0.25) is 5.02 Å². The van der Waals surface area contributed by atoms with Crippen molar-refractivity contribution in [3.05, 3.63) is 35.6 Å². The van der Waals surface area contributed by atoms with E-state index in [1.807, 2.05) is 25.4 Å². The van der Waals surface area contributed by atoms with Gasteiger partial charge in [0.2, 0.25) is 11.8 Å². The molecule has 9 nitrogen and oxygen atoms in total. The fourth-order valence-corrected chi connectivity index (χ4v) is 6.10. The number of hydrogen-bond donors (Lipinski definition) is 1. The molecule has 2 aromatic heterocycles. The molecule has 3 saturated heterocycles. The van der Waals surface area contributed by atoms with Gasteiger partial charge in [-0.3, -0.25) is 9.69 Å². The van der Waals surface area contributed by atoms with Crippen LogP contribution in [0.3, 0.4) is 0 Å². The third-order valence-corrected chi connectivity index (χ3v) is 8.77. The van der Waals surface area contributed by atoms with E-state index in [1.54, 1.807) is 0 Å². The monoisotopic (exact) mass is 536 g/mol. The summed E-state index contributed by atoms with van der Waals surface area (Å²) in [7, 11) is 0. The third kappa shape index (κ3) is 4.50. The van der Waals surface area contributed by atoms with Crippen LogP contribution in [0.25, 0.3) is 22.3 Å². The van der Waals surface area contributed by atoms with Gasteiger partial charge in [-0.15, -0.1) is 0 Å². The zero-order valence-corrected chi connectivity index (χ0v) is 22.4. The summed E-state index contributed by atoms with van der Waals surface area (Å²) in [5.74, 6) is 0.768. The fraction of sp³-hybridized carbons (Fsp3) is 0.536. The molecule has 4 fully saturated rings. The summed E-state index contributed by atoms with van der Waals surface area (Å²) in [5, 5.41) is 3.64. The predicted molar refractivity (Wildman–Crippen MR) is 146 cm³/mol. The van der Waals surface area contributed by atoms with E-state index in [0.29, 0.717) is 30.9 Å². The average Bonchev–Trinajstić information content (AvgIpc) is 3.48. The second-order valence-electron chi connectivity index (χ2n) is 11.0. The van der Waals surface area contributed by atoms with Crippen molar-refractivity contribution in [2.24, 2.45) is 5.92 Å². The van der Waals surface area contributed by atoms with Crippen LogP contribution in [0.1, 0.15) is 32.2 Å². The normalized spacial score (nSPS) is 23.5. The molecule has 0 bridgehead atoms. The molecule has 3 aromatic rings. The van der Waals surface area contributed by atoms with E-state index in [-0.39, 0.29) is 17.9 Å². The topological polar surface area (TPSA) is 84.8 Å². The van der Waals surface area contributed by atoms with Crippen molar-refractivity contribution in [3.63, 3.8) is 0 Å². The molecule has 7 rings (SSSR count). The van der Waals surface area contributed by atoms with Gasteiger partial charge in [0.25, 0.3) is 0 Å². The number of imidazole rings is 1. The van der Waals surface area contributed by atoms with E-state index in [1.165, 1.54) is 0 Å². The third-order valence-electron chi connectivity index (χ3n) is 8.47. The molecule has 4 aliphatic rings. The average molecular weight is 537 g/mol. The summed E-state index contributed by atoms with van der Waals surface area (Å²) >= 11 is 6.85. The van der Waals surface area contributed by atoms with Crippen molar-refractivity contribution in [3.8, 4) is 17.1 Å². The molecular weight excluding hydrogens is 504 g/mol. The Morgan fingerprint density at radius 1 is 1.13 bits per heavy atom. The van der Waals surface area contributed by atoms with E-state index in [0.717, 1.165) is 85.2 Å². The van der Waals surface area contributed by atoms with E-state index >= 15 is 0 Å².